The van der Waals surface area contributed by atoms with Gasteiger partial charge in [-0.15, -0.1) is 0 Å². The van der Waals surface area contributed by atoms with E-state index in [2.05, 4.69) is 10.2 Å². The first kappa shape index (κ1) is 13.1. The standard InChI is InChI=1S/C16H23FN2/c17-15-7-5-14(6-8-15)16(13-3-1-2-4-13)19-11-9-18-10-12-19/h5-8,13,16,18H,1-4,9-12H2/t16-/m1/s1. The third-order valence-corrected chi connectivity index (χ3v) is 4.60. The Bertz CT molecular complexity index is 392. The lowest BCUT2D eigenvalue weighted by Crippen LogP contribution is -2.46. The second-order valence-corrected chi connectivity index (χ2v) is 5.83. The third-order valence-electron chi connectivity index (χ3n) is 4.60. The van der Waals surface area contributed by atoms with E-state index in [-0.39, 0.29) is 5.82 Å². The number of hydrogen-bond donors (Lipinski definition) is 1. The van der Waals surface area contributed by atoms with E-state index >= 15 is 0 Å². The lowest BCUT2D eigenvalue weighted by Gasteiger charge is -2.38. The zero-order valence-electron chi connectivity index (χ0n) is 11.4. The van der Waals surface area contributed by atoms with E-state index in [4.69, 9.17) is 0 Å². The van der Waals surface area contributed by atoms with Crippen LogP contribution in [-0.2, 0) is 0 Å². The van der Waals surface area contributed by atoms with Gasteiger partial charge in [0.2, 0.25) is 0 Å². The largest absolute Gasteiger partial charge is 0.314 e. The first-order chi connectivity index (χ1) is 9.34. The molecule has 0 radical (unpaired) electrons. The average molecular weight is 262 g/mol. The quantitative estimate of drug-likeness (QED) is 0.901. The minimum Gasteiger partial charge on any atom is -0.314 e. The van der Waals surface area contributed by atoms with E-state index in [1.54, 1.807) is 12.1 Å². The van der Waals surface area contributed by atoms with Crippen molar-refractivity contribution in [3.63, 3.8) is 0 Å². The molecule has 2 nitrogen and oxygen atoms in total. The monoisotopic (exact) mass is 262 g/mol. The van der Waals surface area contributed by atoms with Gasteiger partial charge >= 0.3 is 0 Å². The molecule has 1 saturated carbocycles. The van der Waals surface area contributed by atoms with Crippen molar-refractivity contribution in [1.29, 1.82) is 0 Å². The molecule has 1 heterocycles. The van der Waals surface area contributed by atoms with E-state index in [1.807, 2.05) is 12.1 Å². The highest BCUT2D eigenvalue weighted by Crippen LogP contribution is 2.39. The maximum atomic E-state index is 13.1. The smallest absolute Gasteiger partial charge is 0.123 e. The highest BCUT2D eigenvalue weighted by atomic mass is 19.1. The van der Waals surface area contributed by atoms with Gasteiger partial charge in [0.05, 0.1) is 0 Å². The van der Waals surface area contributed by atoms with Gasteiger partial charge in [0.1, 0.15) is 5.82 Å². The molecule has 19 heavy (non-hydrogen) atoms. The summed E-state index contributed by atoms with van der Waals surface area (Å²) in [7, 11) is 0. The summed E-state index contributed by atoms with van der Waals surface area (Å²) in [5, 5.41) is 3.42. The summed E-state index contributed by atoms with van der Waals surface area (Å²) in [4.78, 5) is 2.60. The summed E-state index contributed by atoms with van der Waals surface area (Å²) >= 11 is 0. The van der Waals surface area contributed by atoms with E-state index in [1.165, 1.54) is 31.2 Å². The predicted octanol–water partition coefficient (Wildman–Crippen LogP) is 2.96. The fraction of sp³-hybridized carbons (Fsp3) is 0.625. The van der Waals surface area contributed by atoms with Gasteiger partial charge in [0, 0.05) is 32.2 Å². The van der Waals surface area contributed by atoms with Gasteiger partial charge in [-0.3, -0.25) is 4.90 Å². The van der Waals surface area contributed by atoms with Crippen LogP contribution in [-0.4, -0.2) is 31.1 Å². The fourth-order valence-corrected chi connectivity index (χ4v) is 3.67. The number of nitrogens with one attached hydrogen (secondary N) is 1. The maximum Gasteiger partial charge on any atom is 0.123 e. The van der Waals surface area contributed by atoms with Gasteiger partial charge in [-0.1, -0.05) is 25.0 Å². The minimum atomic E-state index is -0.130. The molecule has 1 aliphatic heterocycles. The van der Waals surface area contributed by atoms with Crippen LogP contribution in [0.3, 0.4) is 0 Å². The average Bonchev–Trinajstić information content (AvgIpc) is 2.96. The highest BCUT2D eigenvalue weighted by molar-refractivity contribution is 5.21. The topological polar surface area (TPSA) is 15.3 Å². The zero-order chi connectivity index (χ0) is 13.1. The van der Waals surface area contributed by atoms with E-state index < -0.39 is 0 Å². The van der Waals surface area contributed by atoms with E-state index in [9.17, 15) is 4.39 Å². The minimum absolute atomic E-state index is 0.130. The number of halogens is 1. The number of nitrogens with zero attached hydrogens (tertiary/aromatic N) is 1. The van der Waals surface area contributed by atoms with Crippen LogP contribution in [0.5, 0.6) is 0 Å². The van der Waals surface area contributed by atoms with E-state index in [0.29, 0.717) is 6.04 Å². The molecule has 0 bridgehead atoms. The van der Waals surface area contributed by atoms with Gasteiger partial charge in [-0.2, -0.15) is 0 Å². The number of benzene rings is 1. The molecule has 3 heteroatoms. The Hall–Kier alpha value is -0.930. The Balaban J connectivity index is 1.83. The van der Waals surface area contributed by atoms with Crippen LogP contribution in [0.4, 0.5) is 4.39 Å². The molecule has 1 aromatic rings. The van der Waals surface area contributed by atoms with Gasteiger partial charge in [-0.05, 0) is 36.5 Å². The van der Waals surface area contributed by atoms with Crippen LogP contribution in [0.1, 0.15) is 37.3 Å². The molecule has 1 aromatic carbocycles. The lowest BCUT2D eigenvalue weighted by atomic mass is 9.90. The van der Waals surface area contributed by atoms with Crippen LogP contribution >= 0.6 is 0 Å². The Labute approximate surface area is 115 Å². The summed E-state index contributed by atoms with van der Waals surface area (Å²) in [6.07, 6.45) is 5.36. The molecule has 2 fully saturated rings. The molecule has 2 aliphatic rings. The Morgan fingerprint density at radius 1 is 1.05 bits per heavy atom. The fourth-order valence-electron chi connectivity index (χ4n) is 3.67. The second kappa shape index (κ2) is 6.02. The Kier molecular flexibility index (Phi) is 4.14. The van der Waals surface area contributed by atoms with Crippen LogP contribution in [0.25, 0.3) is 0 Å². The highest BCUT2D eigenvalue weighted by Gasteiger charge is 2.31. The van der Waals surface area contributed by atoms with Crippen molar-refractivity contribution in [3.05, 3.63) is 35.6 Å². The van der Waals surface area contributed by atoms with Crippen molar-refractivity contribution in [2.45, 2.75) is 31.7 Å². The zero-order valence-corrected chi connectivity index (χ0v) is 11.4. The molecular weight excluding hydrogens is 239 g/mol. The SMILES string of the molecule is Fc1ccc([C@@H](C2CCCC2)N2CCNCC2)cc1. The van der Waals surface area contributed by atoms with Crippen LogP contribution in [0.2, 0.25) is 0 Å². The van der Waals surface area contributed by atoms with Gasteiger partial charge in [-0.25, -0.2) is 4.39 Å². The molecule has 3 rings (SSSR count). The summed E-state index contributed by atoms with van der Waals surface area (Å²) in [6.45, 7) is 4.37. The van der Waals surface area contributed by atoms with E-state index in [0.717, 1.165) is 32.1 Å². The molecule has 0 aromatic heterocycles. The summed E-state index contributed by atoms with van der Waals surface area (Å²) < 4.78 is 13.1. The van der Waals surface area contributed by atoms with Crippen molar-refractivity contribution in [2.24, 2.45) is 5.92 Å². The normalized spacial score (nSPS) is 23.6. The van der Waals surface area contributed by atoms with Gasteiger partial charge in [0.25, 0.3) is 0 Å². The molecule has 1 atom stereocenters. The number of rotatable bonds is 3. The molecule has 0 spiro atoms. The van der Waals surface area contributed by atoms with Crippen molar-refractivity contribution < 1.29 is 4.39 Å². The lowest BCUT2D eigenvalue weighted by molar-refractivity contribution is 0.125. The van der Waals surface area contributed by atoms with Crippen LogP contribution in [0, 0.1) is 11.7 Å². The molecular formula is C16H23FN2. The molecule has 1 N–H and O–H groups in total. The molecule has 0 amide bonds. The molecule has 0 unspecified atom stereocenters. The van der Waals surface area contributed by atoms with Crippen LogP contribution in [0.15, 0.2) is 24.3 Å². The van der Waals surface area contributed by atoms with Gasteiger partial charge < -0.3 is 5.32 Å². The maximum absolute atomic E-state index is 13.1. The Morgan fingerprint density at radius 3 is 2.32 bits per heavy atom. The third kappa shape index (κ3) is 2.98. The second-order valence-electron chi connectivity index (χ2n) is 5.83. The first-order valence-corrected chi connectivity index (χ1v) is 7.55. The number of piperazine rings is 1. The van der Waals surface area contributed by atoms with Crippen molar-refractivity contribution in [1.82, 2.24) is 10.2 Å². The Morgan fingerprint density at radius 2 is 1.68 bits per heavy atom. The first-order valence-electron chi connectivity index (χ1n) is 7.55. The van der Waals surface area contributed by atoms with Crippen molar-refractivity contribution >= 4 is 0 Å². The molecule has 104 valence electrons. The molecule has 1 aliphatic carbocycles. The summed E-state index contributed by atoms with van der Waals surface area (Å²) in [5.41, 5.74) is 1.30. The van der Waals surface area contributed by atoms with Crippen molar-refractivity contribution in [2.75, 3.05) is 26.2 Å². The number of hydrogen-bond acceptors (Lipinski definition) is 2. The van der Waals surface area contributed by atoms with Gasteiger partial charge in [0.15, 0.2) is 0 Å². The van der Waals surface area contributed by atoms with Crippen molar-refractivity contribution in [3.8, 4) is 0 Å². The summed E-state index contributed by atoms with van der Waals surface area (Å²) in [5.74, 6) is 0.623. The molecule has 1 saturated heterocycles. The summed E-state index contributed by atoms with van der Waals surface area (Å²) in [6, 6.07) is 7.69. The van der Waals surface area contributed by atoms with Crippen LogP contribution < -0.4 is 5.32 Å². The predicted molar refractivity (Wildman–Crippen MR) is 75.5 cm³/mol.